The van der Waals surface area contributed by atoms with Crippen LogP contribution in [0.25, 0.3) is 23.0 Å². The van der Waals surface area contributed by atoms with E-state index in [0.29, 0.717) is 22.0 Å². The fraction of sp³-hybridized carbons (Fsp3) is 0.0952. The molecular weight excluding hydrogens is 449 g/mol. The van der Waals surface area contributed by atoms with Gasteiger partial charge in [0.05, 0.1) is 0 Å². The van der Waals surface area contributed by atoms with Gasteiger partial charge >= 0.3 is 6.36 Å². The van der Waals surface area contributed by atoms with Gasteiger partial charge in [-0.05, 0) is 60.7 Å². The van der Waals surface area contributed by atoms with Crippen LogP contribution < -0.4 is 10.1 Å². The maximum Gasteiger partial charge on any atom is 0.573 e. The van der Waals surface area contributed by atoms with Crippen LogP contribution in [0.1, 0.15) is 0 Å². The van der Waals surface area contributed by atoms with Crippen molar-refractivity contribution in [1.29, 1.82) is 0 Å². The number of nitrogens with one attached hydrogen (secondary N) is 1. The zero-order chi connectivity index (χ0) is 22.7. The molecule has 2 heterocycles. The average molecular weight is 463 g/mol. The number of anilines is 1. The molecule has 32 heavy (non-hydrogen) atoms. The number of nitrogens with zero attached hydrogens (tertiary/aromatic N) is 3. The van der Waals surface area contributed by atoms with Crippen LogP contribution in [-0.4, -0.2) is 27.0 Å². The number of benzene rings is 2. The second-order valence-electron chi connectivity index (χ2n) is 6.57. The molecule has 1 N–H and O–H groups in total. The molecule has 4 rings (SSSR count). The summed E-state index contributed by atoms with van der Waals surface area (Å²) >= 11 is 5.84. The van der Waals surface area contributed by atoms with Gasteiger partial charge in [-0.15, -0.1) is 13.2 Å². The minimum Gasteiger partial charge on any atom is -0.406 e. The Bertz CT molecular complexity index is 1220. The van der Waals surface area contributed by atoms with Crippen LogP contribution in [0, 0.1) is 0 Å². The van der Waals surface area contributed by atoms with E-state index in [9.17, 15) is 18.0 Å². The SMILES string of the molecule is O=C(Cn1cccc1-c1nc(-c2ccc(OC(F)(F)F)cc2)no1)Nc1ccc(Cl)cc1. The molecule has 0 saturated heterocycles. The second kappa shape index (κ2) is 8.75. The molecule has 11 heteroatoms. The number of hydrogen-bond acceptors (Lipinski definition) is 5. The molecule has 4 aromatic rings. The van der Waals surface area contributed by atoms with E-state index in [4.69, 9.17) is 16.1 Å². The van der Waals surface area contributed by atoms with Gasteiger partial charge in [0.15, 0.2) is 0 Å². The van der Waals surface area contributed by atoms with Crippen LogP contribution in [0.3, 0.4) is 0 Å². The first-order valence-electron chi connectivity index (χ1n) is 9.18. The fourth-order valence-electron chi connectivity index (χ4n) is 2.89. The van der Waals surface area contributed by atoms with Crippen LogP contribution in [0.15, 0.2) is 71.4 Å². The van der Waals surface area contributed by atoms with Gasteiger partial charge in [-0.3, -0.25) is 4.79 Å². The van der Waals surface area contributed by atoms with Crippen LogP contribution in [-0.2, 0) is 11.3 Å². The number of carbonyl (C=O) groups is 1. The van der Waals surface area contributed by atoms with E-state index >= 15 is 0 Å². The molecule has 0 fully saturated rings. The summed E-state index contributed by atoms with van der Waals surface area (Å²) in [7, 11) is 0. The Balaban J connectivity index is 1.46. The third-order valence-electron chi connectivity index (χ3n) is 4.26. The summed E-state index contributed by atoms with van der Waals surface area (Å²) in [6.45, 7) is -0.00779. The predicted octanol–water partition coefficient (Wildman–Crippen LogP) is 5.40. The molecule has 0 atom stereocenters. The van der Waals surface area contributed by atoms with Gasteiger partial charge < -0.3 is 19.1 Å². The lowest BCUT2D eigenvalue weighted by Crippen LogP contribution is -2.18. The van der Waals surface area contributed by atoms with Crippen molar-refractivity contribution in [3.63, 3.8) is 0 Å². The smallest absolute Gasteiger partial charge is 0.406 e. The van der Waals surface area contributed by atoms with Gasteiger partial charge in [-0.25, -0.2) is 0 Å². The number of alkyl halides is 3. The summed E-state index contributed by atoms with van der Waals surface area (Å²) < 4.78 is 47.6. The van der Waals surface area contributed by atoms with Crippen molar-refractivity contribution in [2.45, 2.75) is 12.9 Å². The Hall–Kier alpha value is -3.79. The van der Waals surface area contributed by atoms with E-state index in [-0.39, 0.29) is 29.9 Å². The summed E-state index contributed by atoms with van der Waals surface area (Å²) in [5.41, 5.74) is 1.55. The first-order chi connectivity index (χ1) is 15.3. The molecule has 164 valence electrons. The number of amides is 1. The topological polar surface area (TPSA) is 82.2 Å². The van der Waals surface area contributed by atoms with Gasteiger partial charge in [0.1, 0.15) is 18.0 Å². The van der Waals surface area contributed by atoms with Gasteiger partial charge in [0, 0.05) is 22.5 Å². The second-order valence-corrected chi connectivity index (χ2v) is 7.01. The first-order valence-corrected chi connectivity index (χ1v) is 9.55. The minimum absolute atomic E-state index is 0.00779. The molecule has 2 aromatic carbocycles. The Morgan fingerprint density at radius 1 is 1.09 bits per heavy atom. The average Bonchev–Trinajstić information content (AvgIpc) is 3.38. The van der Waals surface area contributed by atoms with Crippen LogP contribution in [0.2, 0.25) is 5.02 Å². The normalized spacial score (nSPS) is 11.4. The van der Waals surface area contributed by atoms with Crippen molar-refractivity contribution < 1.29 is 27.2 Å². The highest BCUT2D eigenvalue weighted by atomic mass is 35.5. The van der Waals surface area contributed by atoms with Gasteiger partial charge in [0.25, 0.3) is 5.89 Å². The molecule has 0 aliphatic heterocycles. The maximum atomic E-state index is 12.4. The lowest BCUT2D eigenvalue weighted by molar-refractivity contribution is -0.274. The zero-order valence-corrected chi connectivity index (χ0v) is 16.9. The highest BCUT2D eigenvalue weighted by Gasteiger charge is 2.31. The quantitative estimate of drug-likeness (QED) is 0.415. The summed E-state index contributed by atoms with van der Waals surface area (Å²) in [5.74, 6) is -0.299. The molecule has 0 radical (unpaired) electrons. The maximum absolute atomic E-state index is 12.4. The van der Waals surface area contributed by atoms with Gasteiger partial charge in [-0.2, -0.15) is 4.98 Å². The van der Waals surface area contributed by atoms with Crippen molar-refractivity contribution in [2.75, 3.05) is 5.32 Å². The molecular formula is C21H14ClF3N4O3. The predicted molar refractivity (Wildman–Crippen MR) is 110 cm³/mol. The number of ether oxygens (including phenoxy) is 1. The standard InChI is InChI=1S/C21H14ClF3N4O3/c22-14-5-7-15(8-6-14)26-18(30)12-29-11-1-2-17(29)20-27-19(28-32-20)13-3-9-16(10-4-13)31-21(23,24)25/h1-11H,12H2,(H,26,30). The van der Waals surface area contributed by atoms with Crippen molar-refractivity contribution in [3.8, 4) is 28.7 Å². The van der Waals surface area contributed by atoms with E-state index < -0.39 is 6.36 Å². The van der Waals surface area contributed by atoms with Crippen LogP contribution in [0.4, 0.5) is 18.9 Å². The summed E-state index contributed by atoms with van der Waals surface area (Å²) in [6, 6.07) is 15.2. The van der Waals surface area contributed by atoms with Gasteiger partial charge in [-0.1, -0.05) is 16.8 Å². The van der Waals surface area contributed by atoms with Crippen molar-refractivity contribution >= 4 is 23.2 Å². The monoisotopic (exact) mass is 462 g/mol. The summed E-state index contributed by atoms with van der Waals surface area (Å²) in [6.07, 6.45) is -3.09. The summed E-state index contributed by atoms with van der Waals surface area (Å²) in [4.78, 5) is 16.7. The Morgan fingerprint density at radius 2 is 1.81 bits per heavy atom. The number of rotatable bonds is 6. The lowest BCUT2D eigenvalue weighted by atomic mass is 10.2. The number of aromatic nitrogens is 3. The van der Waals surface area contributed by atoms with E-state index in [1.807, 2.05) is 0 Å². The lowest BCUT2D eigenvalue weighted by Gasteiger charge is -2.08. The molecule has 2 aromatic heterocycles. The molecule has 0 unspecified atom stereocenters. The van der Waals surface area contributed by atoms with Crippen molar-refractivity contribution in [2.24, 2.45) is 0 Å². The Morgan fingerprint density at radius 3 is 2.50 bits per heavy atom. The minimum atomic E-state index is -4.77. The van der Waals surface area contributed by atoms with E-state index in [1.54, 1.807) is 47.2 Å². The molecule has 7 nitrogen and oxygen atoms in total. The molecule has 0 saturated carbocycles. The zero-order valence-electron chi connectivity index (χ0n) is 16.1. The fourth-order valence-corrected chi connectivity index (χ4v) is 3.01. The van der Waals surface area contributed by atoms with Crippen molar-refractivity contribution in [1.82, 2.24) is 14.7 Å². The van der Waals surface area contributed by atoms with E-state index in [2.05, 4.69) is 20.2 Å². The van der Waals surface area contributed by atoms with E-state index in [0.717, 1.165) is 12.1 Å². The molecule has 0 spiro atoms. The highest BCUT2D eigenvalue weighted by Crippen LogP contribution is 2.27. The van der Waals surface area contributed by atoms with E-state index in [1.165, 1.54) is 12.1 Å². The van der Waals surface area contributed by atoms with Crippen molar-refractivity contribution in [3.05, 3.63) is 71.9 Å². The summed E-state index contributed by atoms with van der Waals surface area (Å²) in [5, 5.41) is 7.19. The van der Waals surface area contributed by atoms with Crippen LogP contribution >= 0.6 is 11.6 Å². The highest BCUT2D eigenvalue weighted by molar-refractivity contribution is 6.30. The number of carbonyl (C=O) groups excluding carboxylic acids is 1. The molecule has 0 bridgehead atoms. The van der Waals surface area contributed by atoms with Crippen LogP contribution in [0.5, 0.6) is 5.75 Å². The first kappa shape index (κ1) is 21.4. The largest absolute Gasteiger partial charge is 0.573 e. The Labute approximate surface area is 184 Å². The molecule has 0 aliphatic carbocycles. The van der Waals surface area contributed by atoms with Gasteiger partial charge in [0.2, 0.25) is 11.7 Å². The molecule has 1 amide bonds. The number of halogens is 4. The third kappa shape index (κ3) is 5.27. The molecule has 0 aliphatic rings. The Kier molecular flexibility index (Phi) is 5.87. The number of hydrogen-bond donors (Lipinski definition) is 1. The third-order valence-corrected chi connectivity index (χ3v) is 4.51.